The zero-order valence-electron chi connectivity index (χ0n) is 16.2. The van der Waals surface area contributed by atoms with Gasteiger partial charge in [0.05, 0.1) is 6.61 Å². The molecule has 0 spiro atoms. The molecule has 0 aliphatic carbocycles. The maximum absolute atomic E-state index is 12.8. The minimum absolute atomic E-state index is 0.159. The Labute approximate surface area is 171 Å². The van der Waals surface area contributed by atoms with E-state index in [0.717, 1.165) is 11.6 Å². The summed E-state index contributed by atoms with van der Waals surface area (Å²) >= 11 is 0. The Bertz CT molecular complexity index is 901. The van der Waals surface area contributed by atoms with Crippen LogP contribution in [0.5, 0.6) is 0 Å². The molecule has 8 nitrogen and oxygen atoms in total. The molecule has 0 aromatic carbocycles. The molecule has 30 heavy (non-hydrogen) atoms. The number of carbonyl (C=O) groups excluding carboxylic acids is 1. The van der Waals surface area contributed by atoms with Crippen LogP contribution in [0.25, 0.3) is 0 Å². The number of piperazine rings is 1. The van der Waals surface area contributed by atoms with Crippen molar-refractivity contribution in [2.24, 2.45) is 0 Å². The van der Waals surface area contributed by atoms with E-state index in [0.29, 0.717) is 37.6 Å². The molecule has 3 heterocycles. The smallest absolute Gasteiger partial charge is 0.393 e. The average molecular weight is 425 g/mol. The van der Waals surface area contributed by atoms with Crippen molar-refractivity contribution in [1.29, 1.82) is 0 Å². The fourth-order valence-electron chi connectivity index (χ4n) is 3.18. The maximum Gasteiger partial charge on any atom is 0.433 e. The number of hydrogen-bond acceptors (Lipinski definition) is 6. The quantitative estimate of drug-likeness (QED) is 0.694. The van der Waals surface area contributed by atoms with Gasteiger partial charge in [-0.3, -0.25) is 5.32 Å². The summed E-state index contributed by atoms with van der Waals surface area (Å²) in [6, 6.07) is 4.57. The fraction of sp³-hybridized carbons (Fsp3) is 0.421. The summed E-state index contributed by atoms with van der Waals surface area (Å²) in [6.07, 6.45) is -4.07. The van der Waals surface area contributed by atoms with E-state index in [1.54, 1.807) is 6.07 Å². The van der Waals surface area contributed by atoms with Gasteiger partial charge in [0.1, 0.15) is 23.4 Å². The molecule has 1 atom stereocenters. The number of alkyl halides is 3. The van der Waals surface area contributed by atoms with Crippen molar-refractivity contribution in [2.45, 2.75) is 19.2 Å². The van der Waals surface area contributed by atoms with Gasteiger partial charge in [-0.25, -0.2) is 14.8 Å². The van der Waals surface area contributed by atoms with Gasteiger partial charge in [0, 0.05) is 37.9 Å². The Morgan fingerprint density at radius 3 is 2.57 bits per heavy atom. The fourth-order valence-corrected chi connectivity index (χ4v) is 3.18. The van der Waals surface area contributed by atoms with E-state index in [4.69, 9.17) is 5.11 Å². The highest BCUT2D eigenvalue weighted by Gasteiger charge is 2.32. The highest BCUT2D eigenvalue weighted by molar-refractivity contribution is 5.88. The van der Waals surface area contributed by atoms with Gasteiger partial charge in [-0.05, 0) is 30.7 Å². The summed E-state index contributed by atoms with van der Waals surface area (Å²) < 4.78 is 38.3. The summed E-state index contributed by atoms with van der Waals surface area (Å²) in [7, 11) is 0. The minimum atomic E-state index is -4.58. The van der Waals surface area contributed by atoms with Crippen molar-refractivity contribution < 1.29 is 28.2 Å². The first kappa shape index (κ1) is 21.8. The van der Waals surface area contributed by atoms with Crippen LogP contribution in [-0.4, -0.2) is 63.9 Å². The van der Waals surface area contributed by atoms with Gasteiger partial charge in [-0.1, -0.05) is 6.07 Å². The molecule has 2 amide bonds. The Kier molecular flexibility index (Phi) is 6.42. The second-order valence-corrected chi connectivity index (χ2v) is 6.92. The molecular weight excluding hydrogens is 403 g/mol. The third-order valence-electron chi connectivity index (χ3n) is 4.77. The number of aryl methyl sites for hydroxylation is 1. The van der Waals surface area contributed by atoms with Gasteiger partial charge in [-0.15, -0.1) is 0 Å². The molecule has 2 aromatic rings. The lowest BCUT2D eigenvalue weighted by molar-refractivity contribution is -0.141. The van der Waals surface area contributed by atoms with Crippen molar-refractivity contribution in [3.05, 3.63) is 47.3 Å². The molecule has 3 N–H and O–H groups in total. The number of anilines is 2. The number of aromatic nitrogens is 2. The molecular formula is C19H22F3N5O3. The lowest BCUT2D eigenvalue weighted by atomic mass is 10.1. The summed E-state index contributed by atoms with van der Waals surface area (Å²) in [4.78, 5) is 23.7. The summed E-state index contributed by atoms with van der Waals surface area (Å²) in [5, 5.41) is 21.2. The zero-order valence-corrected chi connectivity index (χ0v) is 16.2. The van der Waals surface area contributed by atoms with Crippen LogP contribution in [0.1, 0.15) is 22.9 Å². The highest BCUT2D eigenvalue weighted by Crippen LogP contribution is 2.28. The van der Waals surface area contributed by atoms with E-state index in [9.17, 15) is 23.1 Å². The van der Waals surface area contributed by atoms with Gasteiger partial charge in [0.25, 0.3) is 0 Å². The number of nitrogens with one attached hydrogen (secondary N) is 1. The third-order valence-corrected chi connectivity index (χ3v) is 4.77. The standard InChI is InChI=1S/C19H22F3N5O3/c1-12-9-13(14(29)11-28)10-23-17(12)26-5-7-27(8-6-26)18(30)25-16-4-2-3-15(24-16)19(20,21)22/h2-4,9-10,14,28-29H,5-8,11H2,1H3,(H,24,25,30)/t14-/m1/s1. The molecule has 11 heteroatoms. The predicted octanol–water partition coefficient (Wildman–Crippen LogP) is 2.18. The molecule has 1 fully saturated rings. The Hall–Kier alpha value is -2.92. The number of carbonyl (C=O) groups is 1. The van der Waals surface area contributed by atoms with Crippen LogP contribution in [0.15, 0.2) is 30.5 Å². The van der Waals surface area contributed by atoms with E-state index in [1.165, 1.54) is 23.2 Å². The van der Waals surface area contributed by atoms with Crippen LogP contribution in [0.2, 0.25) is 0 Å². The Balaban J connectivity index is 1.60. The number of urea groups is 1. The normalized spacial score (nSPS) is 15.8. The lowest BCUT2D eigenvalue weighted by Crippen LogP contribution is -2.50. The maximum atomic E-state index is 12.8. The first-order valence-corrected chi connectivity index (χ1v) is 9.29. The summed E-state index contributed by atoms with van der Waals surface area (Å²) in [6.45, 7) is 3.13. The van der Waals surface area contributed by atoms with Crippen molar-refractivity contribution in [3.63, 3.8) is 0 Å². The van der Waals surface area contributed by atoms with Gasteiger partial charge < -0.3 is 20.0 Å². The first-order valence-electron chi connectivity index (χ1n) is 9.29. The molecule has 3 rings (SSSR count). The number of aliphatic hydroxyl groups excluding tert-OH is 2. The molecule has 0 saturated carbocycles. The molecule has 0 bridgehead atoms. The molecule has 1 aliphatic heterocycles. The Morgan fingerprint density at radius 1 is 1.27 bits per heavy atom. The van der Waals surface area contributed by atoms with Gasteiger partial charge in [0.15, 0.2) is 0 Å². The molecule has 0 unspecified atom stereocenters. The largest absolute Gasteiger partial charge is 0.433 e. The SMILES string of the molecule is Cc1cc([C@H](O)CO)cnc1N1CCN(C(=O)Nc2cccc(C(F)(F)F)n2)CC1. The van der Waals surface area contributed by atoms with Crippen LogP contribution in [0.3, 0.4) is 0 Å². The van der Waals surface area contributed by atoms with E-state index >= 15 is 0 Å². The number of nitrogens with zero attached hydrogens (tertiary/aromatic N) is 4. The van der Waals surface area contributed by atoms with Crippen molar-refractivity contribution in [2.75, 3.05) is 43.0 Å². The number of pyridine rings is 2. The topological polar surface area (TPSA) is 102 Å². The monoisotopic (exact) mass is 425 g/mol. The number of rotatable bonds is 4. The van der Waals surface area contributed by atoms with E-state index in [1.807, 2.05) is 11.8 Å². The molecule has 2 aromatic heterocycles. The molecule has 0 radical (unpaired) electrons. The number of amides is 2. The molecule has 1 saturated heterocycles. The zero-order chi connectivity index (χ0) is 21.9. The van der Waals surface area contributed by atoms with Crippen LogP contribution in [0.4, 0.5) is 29.6 Å². The van der Waals surface area contributed by atoms with Crippen LogP contribution < -0.4 is 10.2 Å². The average Bonchev–Trinajstić information content (AvgIpc) is 2.73. The van der Waals surface area contributed by atoms with E-state index in [2.05, 4.69) is 15.3 Å². The molecule has 1 aliphatic rings. The lowest BCUT2D eigenvalue weighted by Gasteiger charge is -2.36. The van der Waals surface area contributed by atoms with Crippen molar-refractivity contribution in [3.8, 4) is 0 Å². The summed E-state index contributed by atoms with van der Waals surface area (Å²) in [5.74, 6) is 0.552. The number of aliphatic hydroxyl groups is 2. The van der Waals surface area contributed by atoms with E-state index in [-0.39, 0.29) is 5.82 Å². The van der Waals surface area contributed by atoms with Crippen LogP contribution in [0, 0.1) is 6.92 Å². The summed E-state index contributed by atoms with van der Waals surface area (Å²) in [5.41, 5.74) is 0.276. The van der Waals surface area contributed by atoms with Crippen molar-refractivity contribution >= 4 is 17.7 Å². The second-order valence-electron chi connectivity index (χ2n) is 6.92. The van der Waals surface area contributed by atoms with Crippen LogP contribution >= 0.6 is 0 Å². The Morgan fingerprint density at radius 2 is 1.97 bits per heavy atom. The number of hydrogen-bond donors (Lipinski definition) is 3. The number of halogens is 3. The van der Waals surface area contributed by atoms with Gasteiger partial charge in [-0.2, -0.15) is 13.2 Å². The predicted molar refractivity (Wildman–Crippen MR) is 103 cm³/mol. The van der Waals surface area contributed by atoms with E-state index < -0.39 is 30.6 Å². The van der Waals surface area contributed by atoms with Gasteiger partial charge >= 0.3 is 12.2 Å². The second kappa shape index (κ2) is 8.84. The van der Waals surface area contributed by atoms with Crippen LogP contribution in [-0.2, 0) is 6.18 Å². The first-order chi connectivity index (χ1) is 14.2. The van der Waals surface area contributed by atoms with Gasteiger partial charge in [0.2, 0.25) is 0 Å². The van der Waals surface area contributed by atoms with Crippen molar-refractivity contribution in [1.82, 2.24) is 14.9 Å². The minimum Gasteiger partial charge on any atom is -0.393 e. The third kappa shape index (κ3) is 4.97. The highest BCUT2D eigenvalue weighted by atomic mass is 19.4. The molecule has 162 valence electrons.